The summed E-state index contributed by atoms with van der Waals surface area (Å²) in [6, 6.07) is 0.266. The number of nitrogens with one attached hydrogen (secondary N) is 1. The number of hydrogen-bond acceptors (Lipinski definition) is 5. The quantitative estimate of drug-likeness (QED) is 0.879. The van der Waals surface area contributed by atoms with Crippen molar-refractivity contribution < 1.29 is 4.79 Å². The minimum Gasteiger partial charge on any atom is -0.355 e. The topological polar surface area (TPSA) is 75.9 Å². The zero-order chi connectivity index (χ0) is 16.8. The molecule has 1 amide bonds. The number of rotatable bonds is 6. The van der Waals surface area contributed by atoms with Gasteiger partial charge in [-0.05, 0) is 32.6 Å². The van der Waals surface area contributed by atoms with Crippen LogP contribution in [-0.4, -0.2) is 49.5 Å². The van der Waals surface area contributed by atoms with Crippen molar-refractivity contribution in [2.24, 2.45) is 0 Å². The Morgan fingerprint density at radius 2 is 2.17 bits per heavy atom. The predicted octanol–water partition coefficient (Wildman–Crippen LogP) is 2.19. The van der Waals surface area contributed by atoms with Crippen molar-refractivity contribution in [2.75, 3.05) is 18.4 Å². The van der Waals surface area contributed by atoms with Crippen LogP contribution < -0.4 is 5.32 Å². The first-order valence-electron chi connectivity index (χ1n) is 8.60. The second kappa shape index (κ2) is 7.90. The molecular formula is C17H24N6O. The van der Waals surface area contributed by atoms with Gasteiger partial charge in [-0.15, -0.1) is 0 Å². The second-order valence-corrected chi connectivity index (χ2v) is 6.06. The number of aryl methyl sites for hydroxylation is 1. The molecule has 0 unspecified atom stereocenters. The van der Waals surface area contributed by atoms with Crippen molar-refractivity contribution in [1.29, 1.82) is 0 Å². The molecule has 3 heterocycles. The molecule has 24 heavy (non-hydrogen) atoms. The molecule has 0 bridgehead atoms. The highest BCUT2D eigenvalue weighted by Gasteiger charge is 2.27. The Morgan fingerprint density at radius 1 is 1.33 bits per heavy atom. The minimum atomic E-state index is 0.0355. The van der Waals surface area contributed by atoms with E-state index >= 15 is 0 Å². The smallest absolute Gasteiger partial charge is 0.257 e. The van der Waals surface area contributed by atoms with Crippen LogP contribution in [0.4, 0.5) is 5.95 Å². The van der Waals surface area contributed by atoms with Crippen molar-refractivity contribution >= 4 is 11.9 Å². The fraction of sp³-hybridized carbons (Fsp3) is 0.529. The van der Waals surface area contributed by atoms with Crippen LogP contribution in [0.3, 0.4) is 0 Å². The van der Waals surface area contributed by atoms with Crippen molar-refractivity contribution in [3.8, 4) is 0 Å². The molecule has 1 fully saturated rings. The van der Waals surface area contributed by atoms with E-state index in [1.807, 2.05) is 24.3 Å². The number of anilines is 1. The molecule has 7 heteroatoms. The van der Waals surface area contributed by atoms with E-state index in [1.165, 1.54) is 6.42 Å². The number of nitrogens with zero attached hydrogens (tertiary/aromatic N) is 5. The van der Waals surface area contributed by atoms with E-state index in [-0.39, 0.29) is 11.9 Å². The van der Waals surface area contributed by atoms with Crippen LogP contribution >= 0.6 is 0 Å². The molecule has 1 aliphatic heterocycles. The van der Waals surface area contributed by atoms with E-state index in [1.54, 1.807) is 18.6 Å². The van der Waals surface area contributed by atoms with Gasteiger partial charge in [-0.25, -0.2) is 15.0 Å². The summed E-state index contributed by atoms with van der Waals surface area (Å²) in [6.07, 6.45) is 13.0. The Morgan fingerprint density at radius 3 is 2.88 bits per heavy atom. The largest absolute Gasteiger partial charge is 0.355 e. The van der Waals surface area contributed by atoms with Crippen LogP contribution in [0.2, 0.25) is 0 Å². The molecular weight excluding hydrogens is 304 g/mol. The summed E-state index contributed by atoms with van der Waals surface area (Å²) in [5.74, 6) is 0.595. The molecule has 128 valence electrons. The normalized spacial score (nSPS) is 17.7. The Balaban J connectivity index is 1.66. The van der Waals surface area contributed by atoms with Gasteiger partial charge in [0.05, 0.1) is 11.9 Å². The molecule has 2 aromatic rings. The Bertz CT molecular complexity index is 640. The summed E-state index contributed by atoms with van der Waals surface area (Å²) >= 11 is 0. The standard InChI is InChI=1S/C17H24N6O/c1-2-19-17-20-11-14(12-21-17)16(24)23-8-4-3-5-15(23)6-9-22-10-7-18-13-22/h7,10-13,15H,2-6,8-9H2,1H3,(H,19,20,21)/t15-/m0/s1. The van der Waals surface area contributed by atoms with Gasteiger partial charge in [0.2, 0.25) is 5.95 Å². The van der Waals surface area contributed by atoms with Gasteiger partial charge >= 0.3 is 0 Å². The average molecular weight is 328 g/mol. The molecule has 7 nitrogen and oxygen atoms in total. The molecule has 3 rings (SSSR count). The van der Waals surface area contributed by atoms with Gasteiger partial charge in [-0.3, -0.25) is 4.79 Å². The molecule has 1 atom stereocenters. The van der Waals surface area contributed by atoms with Crippen LogP contribution in [-0.2, 0) is 6.54 Å². The molecule has 2 aromatic heterocycles. The number of aromatic nitrogens is 4. The third-order valence-electron chi connectivity index (χ3n) is 4.40. The van der Waals surface area contributed by atoms with E-state index in [0.29, 0.717) is 11.5 Å². The van der Waals surface area contributed by atoms with Gasteiger partial charge in [-0.2, -0.15) is 0 Å². The summed E-state index contributed by atoms with van der Waals surface area (Å²) in [4.78, 5) is 27.3. The summed E-state index contributed by atoms with van der Waals surface area (Å²) in [5, 5.41) is 3.04. The first-order valence-corrected chi connectivity index (χ1v) is 8.60. The highest BCUT2D eigenvalue weighted by atomic mass is 16.2. The minimum absolute atomic E-state index is 0.0355. The van der Waals surface area contributed by atoms with Crippen LogP contribution in [0.5, 0.6) is 0 Å². The molecule has 0 aliphatic carbocycles. The number of piperidine rings is 1. The lowest BCUT2D eigenvalue weighted by Crippen LogP contribution is -2.44. The van der Waals surface area contributed by atoms with Gasteiger partial charge in [0.15, 0.2) is 0 Å². The number of hydrogen-bond donors (Lipinski definition) is 1. The van der Waals surface area contributed by atoms with Crippen molar-refractivity contribution in [3.63, 3.8) is 0 Å². The van der Waals surface area contributed by atoms with Crippen LogP contribution in [0.25, 0.3) is 0 Å². The monoisotopic (exact) mass is 328 g/mol. The molecule has 1 N–H and O–H groups in total. The number of amides is 1. The van der Waals surface area contributed by atoms with Gasteiger partial charge < -0.3 is 14.8 Å². The number of carbonyl (C=O) groups excluding carboxylic acids is 1. The maximum Gasteiger partial charge on any atom is 0.257 e. The molecule has 1 aliphatic rings. The predicted molar refractivity (Wildman–Crippen MR) is 91.7 cm³/mol. The summed E-state index contributed by atoms with van der Waals surface area (Å²) in [6.45, 7) is 4.43. The average Bonchev–Trinajstić information content (AvgIpc) is 3.14. The summed E-state index contributed by atoms with van der Waals surface area (Å²) in [5.41, 5.74) is 0.561. The first-order chi connectivity index (χ1) is 11.8. The maximum atomic E-state index is 12.8. The third-order valence-corrected chi connectivity index (χ3v) is 4.40. The van der Waals surface area contributed by atoms with Crippen molar-refractivity contribution in [2.45, 2.75) is 45.2 Å². The zero-order valence-electron chi connectivity index (χ0n) is 14.1. The van der Waals surface area contributed by atoms with Crippen LogP contribution in [0, 0.1) is 0 Å². The van der Waals surface area contributed by atoms with E-state index in [2.05, 4.69) is 24.8 Å². The van der Waals surface area contributed by atoms with E-state index in [0.717, 1.165) is 38.9 Å². The highest BCUT2D eigenvalue weighted by molar-refractivity contribution is 5.94. The molecule has 0 saturated carbocycles. The number of carbonyl (C=O) groups is 1. The maximum absolute atomic E-state index is 12.8. The van der Waals surface area contributed by atoms with E-state index in [4.69, 9.17) is 0 Å². The zero-order valence-corrected chi connectivity index (χ0v) is 14.1. The Hall–Kier alpha value is -2.44. The fourth-order valence-electron chi connectivity index (χ4n) is 3.14. The second-order valence-electron chi connectivity index (χ2n) is 6.06. The van der Waals surface area contributed by atoms with Gasteiger partial charge in [0, 0.05) is 50.5 Å². The first kappa shape index (κ1) is 16.4. The number of imidazole rings is 1. The molecule has 0 radical (unpaired) electrons. The van der Waals surface area contributed by atoms with E-state index in [9.17, 15) is 4.79 Å². The van der Waals surface area contributed by atoms with Crippen molar-refractivity contribution in [3.05, 3.63) is 36.7 Å². The van der Waals surface area contributed by atoms with E-state index < -0.39 is 0 Å². The highest BCUT2D eigenvalue weighted by Crippen LogP contribution is 2.22. The summed E-state index contributed by atoms with van der Waals surface area (Å²) in [7, 11) is 0. The molecule has 1 saturated heterocycles. The Kier molecular flexibility index (Phi) is 5.40. The lowest BCUT2D eigenvalue weighted by atomic mass is 9.98. The Labute approximate surface area is 142 Å². The number of likely N-dealkylation sites (tertiary alicyclic amines) is 1. The SMILES string of the molecule is CCNc1ncc(C(=O)N2CCCC[C@H]2CCn2ccnc2)cn1. The summed E-state index contributed by atoms with van der Waals surface area (Å²) < 4.78 is 2.06. The molecule has 0 aromatic carbocycles. The lowest BCUT2D eigenvalue weighted by Gasteiger charge is -2.36. The van der Waals surface area contributed by atoms with Crippen LogP contribution in [0.15, 0.2) is 31.1 Å². The van der Waals surface area contributed by atoms with Gasteiger partial charge in [0.25, 0.3) is 5.91 Å². The van der Waals surface area contributed by atoms with Crippen LogP contribution in [0.1, 0.15) is 43.0 Å². The lowest BCUT2D eigenvalue weighted by molar-refractivity contribution is 0.0594. The van der Waals surface area contributed by atoms with Gasteiger partial charge in [0.1, 0.15) is 0 Å². The molecule has 0 spiro atoms. The van der Waals surface area contributed by atoms with Gasteiger partial charge in [-0.1, -0.05) is 0 Å². The van der Waals surface area contributed by atoms with Crippen molar-refractivity contribution in [1.82, 2.24) is 24.4 Å². The third kappa shape index (κ3) is 3.90. The fourth-order valence-corrected chi connectivity index (χ4v) is 3.14.